The van der Waals surface area contributed by atoms with Crippen molar-refractivity contribution in [2.45, 2.75) is 13.8 Å². The number of hydrogen-bond donors (Lipinski definition) is 0. The maximum atomic E-state index is 14.1. The second kappa shape index (κ2) is 5.18. The van der Waals surface area contributed by atoms with Crippen molar-refractivity contribution >= 4 is 18.7 Å². The highest BCUT2D eigenvalue weighted by molar-refractivity contribution is 7.61. The fraction of sp³-hybridized carbons (Fsp3) is 0.364. The summed E-state index contributed by atoms with van der Waals surface area (Å²) in [6, 6.07) is 5.00. The van der Waals surface area contributed by atoms with Crippen LogP contribution in [0.2, 0.25) is 0 Å². The van der Waals surface area contributed by atoms with E-state index in [-0.39, 0.29) is 18.6 Å². The van der Waals surface area contributed by atoms with Gasteiger partial charge < -0.3 is 9.05 Å². The van der Waals surface area contributed by atoms with Crippen LogP contribution in [0.3, 0.4) is 0 Å². The molecule has 0 spiro atoms. The van der Waals surface area contributed by atoms with Crippen molar-refractivity contribution in [2.24, 2.45) is 0 Å². The van der Waals surface area contributed by atoms with E-state index >= 15 is 0 Å². The van der Waals surface area contributed by atoms with Gasteiger partial charge in [0.15, 0.2) is 0 Å². The van der Waals surface area contributed by atoms with Crippen LogP contribution in [0.15, 0.2) is 24.4 Å². The van der Waals surface area contributed by atoms with E-state index in [0.29, 0.717) is 5.65 Å². The Kier molecular flexibility index (Phi) is 3.80. The minimum absolute atomic E-state index is 0.157. The van der Waals surface area contributed by atoms with Gasteiger partial charge in [-0.15, -0.1) is 0 Å². The smallest absolute Gasteiger partial charge is 0.304 e. The third-order valence-corrected chi connectivity index (χ3v) is 4.31. The largest absolute Gasteiger partial charge is 0.384 e. The molecule has 2 heterocycles. The summed E-state index contributed by atoms with van der Waals surface area (Å²) >= 11 is 0. The monoisotopic (exact) mass is 272 g/mol. The highest BCUT2D eigenvalue weighted by atomic mass is 31.2. The normalized spacial score (nSPS) is 12.2. The topological polar surface area (TPSA) is 52.8 Å². The van der Waals surface area contributed by atoms with Crippen LogP contribution >= 0.6 is 7.60 Å². The van der Waals surface area contributed by atoms with Gasteiger partial charge in [0.25, 0.3) is 0 Å². The maximum absolute atomic E-state index is 14.1. The predicted molar refractivity (Wildman–Crippen MR) is 65.6 cm³/mol. The Morgan fingerprint density at radius 3 is 2.56 bits per heavy atom. The summed E-state index contributed by atoms with van der Waals surface area (Å²) in [4.78, 5) is 4.00. The number of hydrogen-bond acceptors (Lipinski definition) is 4. The van der Waals surface area contributed by atoms with E-state index in [9.17, 15) is 8.96 Å². The molecule has 0 aliphatic rings. The molecule has 2 aromatic heterocycles. The number of aromatic nitrogens is 2. The van der Waals surface area contributed by atoms with Crippen LogP contribution in [-0.2, 0) is 13.6 Å². The average Bonchev–Trinajstić information content (AvgIpc) is 2.69. The minimum Gasteiger partial charge on any atom is -0.304 e. The molecule has 98 valence electrons. The third-order valence-electron chi connectivity index (χ3n) is 2.31. The summed E-state index contributed by atoms with van der Waals surface area (Å²) in [6.45, 7) is 3.65. The molecule has 7 heteroatoms. The Hall–Kier alpha value is -1.23. The summed E-state index contributed by atoms with van der Waals surface area (Å²) in [6.07, 6.45) is 1.50. The fourth-order valence-electron chi connectivity index (χ4n) is 1.63. The van der Waals surface area contributed by atoms with Crippen molar-refractivity contribution in [3.63, 3.8) is 0 Å². The van der Waals surface area contributed by atoms with Gasteiger partial charge in [-0.3, -0.25) is 8.97 Å². The summed E-state index contributed by atoms with van der Waals surface area (Å²) in [5.74, 6) is -0.712. The molecule has 18 heavy (non-hydrogen) atoms. The van der Waals surface area contributed by atoms with Crippen molar-refractivity contribution in [3.05, 3.63) is 30.3 Å². The molecule has 0 saturated carbocycles. The number of nitrogens with zero attached hydrogens (tertiary/aromatic N) is 2. The van der Waals surface area contributed by atoms with Crippen LogP contribution in [0.4, 0.5) is 4.39 Å². The lowest BCUT2D eigenvalue weighted by Crippen LogP contribution is -2.15. The van der Waals surface area contributed by atoms with Gasteiger partial charge in [-0.05, 0) is 26.0 Å². The predicted octanol–water partition coefficient (Wildman–Crippen LogP) is 2.36. The molecule has 0 aromatic carbocycles. The Morgan fingerprint density at radius 1 is 1.33 bits per heavy atom. The molecule has 2 aromatic rings. The average molecular weight is 272 g/mol. The summed E-state index contributed by atoms with van der Waals surface area (Å²) in [5.41, 5.74) is 0.0991. The summed E-state index contributed by atoms with van der Waals surface area (Å²) in [5, 5.41) is 0. The first-order chi connectivity index (χ1) is 8.62. The molecule has 0 fully saturated rings. The van der Waals surface area contributed by atoms with Crippen molar-refractivity contribution in [3.8, 4) is 0 Å². The van der Waals surface area contributed by atoms with Gasteiger partial charge in [0.2, 0.25) is 11.4 Å². The van der Waals surface area contributed by atoms with Crippen molar-refractivity contribution in [2.75, 3.05) is 13.2 Å². The highest BCUT2D eigenvalue weighted by Crippen LogP contribution is 2.47. The molecule has 0 amide bonds. The second-order valence-electron chi connectivity index (χ2n) is 3.49. The first-order valence-corrected chi connectivity index (χ1v) is 7.19. The highest BCUT2D eigenvalue weighted by Gasteiger charge is 2.34. The van der Waals surface area contributed by atoms with E-state index in [0.717, 1.165) is 0 Å². The van der Waals surface area contributed by atoms with E-state index in [4.69, 9.17) is 9.05 Å². The van der Waals surface area contributed by atoms with Crippen LogP contribution in [-0.4, -0.2) is 22.6 Å². The lowest BCUT2D eigenvalue weighted by atomic mass is 10.5. The molecule has 0 unspecified atom stereocenters. The molecule has 5 nitrogen and oxygen atoms in total. The number of pyridine rings is 1. The first kappa shape index (κ1) is 13.2. The SMILES string of the molecule is CCOP(=O)(OCC)c1nc2ccccn2c1F. The van der Waals surface area contributed by atoms with Crippen LogP contribution < -0.4 is 5.44 Å². The molecule has 0 atom stereocenters. The van der Waals surface area contributed by atoms with Gasteiger partial charge in [-0.1, -0.05) is 6.07 Å². The molecule has 0 aliphatic carbocycles. The zero-order valence-corrected chi connectivity index (χ0v) is 11.1. The van der Waals surface area contributed by atoms with E-state index < -0.39 is 13.5 Å². The van der Waals surface area contributed by atoms with Gasteiger partial charge >= 0.3 is 7.60 Å². The Labute approximate surface area is 104 Å². The van der Waals surface area contributed by atoms with Gasteiger partial charge in [0.1, 0.15) is 5.65 Å². The molecule has 0 saturated heterocycles. The van der Waals surface area contributed by atoms with Crippen LogP contribution in [0.1, 0.15) is 13.8 Å². The van der Waals surface area contributed by atoms with Gasteiger partial charge in [-0.25, -0.2) is 4.98 Å². The van der Waals surface area contributed by atoms with Gasteiger partial charge in [-0.2, -0.15) is 4.39 Å². The summed E-state index contributed by atoms with van der Waals surface area (Å²) < 4.78 is 38.0. The van der Waals surface area contributed by atoms with Gasteiger partial charge in [0, 0.05) is 6.20 Å². The van der Waals surface area contributed by atoms with E-state index in [2.05, 4.69) is 4.98 Å². The Morgan fingerprint density at radius 2 is 2.00 bits per heavy atom. The molecule has 0 aliphatic heterocycles. The molecular weight excluding hydrogens is 258 g/mol. The lowest BCUT2D eigenvalue weighted by Gasteiger charge is -2.14. The first-order valence-electron chi connectivity index (χ1n) is 5.64. The zero-order chi connectivity index (χ0) is 13.2. The lowest BCUT2D eigenvalue weighted by molar-refractivity contribution is 0.228. The fourth-order valence-corrected chi connectivity index (χ4v) is 3.18. The van der Waals surface area contributed by atoms with Crippen molar-refractivity contribution in [1.82, 2.24) is 9.38 Å². The van der Waals surface area contributed by atoms with Gasteiger partial charge in [0.05, 0.1) is 13.2 Å². The molecule has 0 N–H and O–H groups in total. The number of imidazole rings is 1. The van der Waals surface area contributed by atoms with E-state index in [1.165, 1.54) is 10.6 Å². The van der Waals surface area contributed by atoms with Crippen LogP contribution in [0.5, 0.6) is 0 Å². The minimum atomic E-state index is -3.69. The molecule has 2 rings (SSSR count). The summed E-state index contributed by atoms with van der Waals surface area (Å²) in [7, 11) is -3.69. The Balaban J connectivity index is 2.57. The van der Waals surface area contributed by atoms with Crippen molar-refractivity contribution in [1.29, 1.82) is 0 Å². The Bertz CT molecular complexity index is 589. The van der Waals surface area contributed by atoms with Crippen molar-refractivity contribution < 1.29 is 18.0 Å². The maximum Gasteiger partial charge on any atom is 0.384 e. The zero-order valence-electron chi connectivity index (χ0n) is 10.2. The van der Waals surface area contributed by atoms with Crippen LogP contribution in [0, 0.1) is 5.95 Å². The third kappa shape index (κ3) is 2.19. The molecule has 0 radical (unpaired) electrons. The van der Waals surface area contributed by atoms with E-state index in [1.54, 1.807) is 32.0 Å². The number of halogens is 1. The molecule has 0 bridgehead atoms. The standard InChI is InChI=1S/C11H14FN2O3P/c1-3-16-18(15,17-4-2)11-10(12)14-8-6-5-7-9(14)13-11/h5-8H,3-4H2,1-2H3. The number of rotatable bonds is 5. The van der Waals surface area contributed by atoms with E-state index in [1.807, 2.05) is 0 Å². The second-order valence-corrected chi connectivity index (χ2v) is 5.42. The molecular formula is C11H14FN2O3P. The quantitative estimate of drug-likeness (QED) is 0.784. The van der Waals surface area contributed by atoms with Crippen LogP contribution in [0.25, 0.3) is 5.65 Å². The number of fused-ring (bicyclic) bond motifs is 1.